The Kier molecular flexibility index (Phi) is 7.03. The average molecular weight is 440 g/mol. The van der Waals surface area contributed by atoms with Crippen molar-refractivity contribution in [2.24, 2.45) is 0 Å². The van der Waals surface area contributed by atoms with E-state index in [-0.39, 0.29) is 18.5 Å². The van der Waals surface area contributed by atoms with Gasteiger partial charge in [0.2, 0.25) is 0 Å². The predicted molar refractivity (Wildman–Crippen MR) is 122 cm³/mol. The number of hydrogen-bond acceptors (Lipinski definition) is 3. The van der Waals surface area contributed by atoms with Gasteiger partial charge in [0.1, 0.15) is 17.5 Å². The molecule has 0 aliphatic carbocycles. The summed E-state index contributed by atoms with van der Waals surface area (Å²) in [6, 6.07) is 23.0. The molecule has 0 aromatic heterocycles. The second-order valence-electron chi connectivity index (χ2n) is 8.02. The molecule has 3 aromatic carbocycles. The van der Waals surface area contributed by atoms with E-state index in [4.69, 9.17) is 21.1 Å². The van der Waals surface area contributed by atoms with Gasteiger partial charge in [-0.3, -0.25) is 0 Å². The van der Waals surface area contributed by atoms with Crippen LogP contribution in [0.25, 0.3) is 0 Å². The lowest BCUT2D eigenvalue weighted by atomic mass is 9.82. The maximum atomic E-state index is 14.5. The fourth-order valence-electron chi connectivity index (χ4n) is 4.08. The third kappa shape index (κ3) is 5.16. The molecule has 0 amide bonds. The SMILES string of the molecule is Cc1ccc(COC2(c3ccc(Cl)cc3)CCNCC2OCc2ccccc2)c(F)c1. The van der Waals surface area contributed by atoms with Crippen molar-refractivity contribution >= 4 is 11.6 Å². The van der Waals surface area contributed by atoms with Crippen molar-refractivity contribution in [1.82, 2.24) is 5.32 Å². The molecule has 5 heteroatoms. The summed E-state index contributed by atoms with van der Waals surface area (Å²) in [5.74, 6) is -0.248. The number of aryl methyl sites for hydroxylation is 1. The molecule has 3 nitrogen and oxygen atoms in total. The van der Waals surface area contributed by atoms with Crippen LogP contribution in [0.3, 0.4) is 0 Å². The molecule has 0 bridgehead atoms. The normalized spacial score (nSPS) is 21.2. The van der Waals surface area contributed by atoms with Crippen LogP contribution in [0.4, 0.5) is 4.39 Å². The number of halogens is 2. The molecule has 1 aliphatic rings. The number of piperidine rings is 1. The summed E-state index contributed by atoms with van der Waals surface area (Å²) in [5, 5.41) is 4.08. The molecule has 3 aromatic rings. The molecule has 0 radical (unpaired) electrons. The van der Waals surface area contributed by atoms with Gasteiger partial charge in [0.15, 0.2) is 0 Å². The van der Waals surface area contributed by atoms with Gasteiger partial charge in [-0.25, -0.2) is 4.39 Å². The summed E-state index contributed by atoms with van der Waals surface area (Å²) >= 11 is 6.15. The first-order valence-corrected chi connectivity index (χ1v) is 11.0. The third-order valence-electron chi connectivity index (χ3n) is 5.84. The Labute approximate surface area is 188 Å². The first-order chi connectivity index (χ1) is 15.1. The number of nitrogens with one attached hydrogen (secondary N) is 1. The maximum Gasteiger partial charge on any atom is 0.128 e. The number of rotatable bonds is 7. The first-order valence-electron chi connectivity index (χ1n) is 10.6. The lowest BCUT2D eigenvalue weighted by Gasteiger charge is -2.44. The van der Waals surface area contributed by atoms with Crippen LogP contribution in [0.1, 0.15) is 28.7 Å². The number of ether oxygens (including phenoxy) is 2. The topological polar surface area (TPSA) is 30.5 Å². The first kappa shape index (κ1) is 22.0. The zero-order chi connectivity index (χ0) is 21.7. The van der Waals surface area contributed by atoms with Crippen molar-refractivity contribution in [3.05, 3.63) is 106 Å². The fraction of sp³-hybridized carbons (Fsp3) is 0.308. The number of benzene rings is 3. The largest absolute Gasteiger partial charge is 0.369 e. The molecule has 1 heterocycles. The molecule has 2 unspecified atom stereocenters. The summed E-state index contributed by atoms with van der Waals surface area (Å²) in [7, 11) is 0. The van der Waals surface area contributed by atoms with Gasteiger partial charge in [-0.1, -0.05) is 66.2 Å². The van der Waals surface area contributed by atoms with Crippen LogP contribution in [-0.2, 0) is 28.3 Å². The van der Waals surface area contributed by atoms with Crippen LogP contribution in [0.5, 0.6) is 0 Å². The van der Waals surface area contributed by atoms with E-state index in [2.05, 4.69) is 5.32 Å². The minimum atomic E-state index is -0.706. The zero-order valence-corrected chi connectivity index (χ0v) is 18.4. The van der Waals surface area contributed by atoms with Crippen LogP contribution >= 0.6 is 11.6 Å². The Hall–Kier alpha value is -2.24. The third-order valence-corrected chi connectivity index (χ3v) is 6.10. The Morgan fingerprint density at radius 1 is 1.03 bits per heavy atom. The van der Waals surface area contributed by atoms with Crippen molar-refractivity contribution < 1.29 is 13.9 Å². The highest BCUT2D eigenvalue weighted by Crippen LogP contribution is 2.38. The Balaban J connectivity index is 1.63. The van der Waals surface area contributed by atoms with E-state index in [1.54, 1.807) is 12.1 Å². The highest BCUT2D eigenvalue weighted by atomic mass is 35.5. The van der Waals surface area contributed by atoms with Gasteiger partial charge in [-0.15, -0.1) is 0 Å². The van der Waals surface area contributed by atoms with Crippen LogP contribution in [0.15, 0.2) is 72.8 Å². The molecule has 4 rings (SSSR count). The van der Waals surface area contributed by atoms with Gasteiger partial charge in [0, 0.05) is 17.1 Å². The van der Waals surface area contributed by atoms with E-state index in [9.17, 15) is 4.39 Å². The van der Waals surface area contributed by atoms with Gasteiger partial charge in [0.25, 0.3) is 0 Å². The van der Waals surface area contributed by atoms with Gasteiger partial charge < -0.3 is 14.8 Å². The van der Waals surface area contributed by atoms with E-state index >= 15 is 0 Å². The second-order valence-corrected chi connectivity index (χ2v) is 8.46. The monoisotopic (exact) mass is 439 g/mol. The Bertz CT molecular complexity index is 996. The van der Waals surface area contributed by atoms with Crippen LogP contribution in [0.2, 0.25) is 5.02 Å². The second kappa shape index (κ2) is 9.92. The van der Waals surface area contributed by atoms with Crippen molar-refractivity contribution in [3.63, 3.8) is 0 Å². The highest BCUT2D eigenvalue weighted by Gasteiger charge is 2.44. The summed E-state index contributed by atoms with van der Waals surface area (Å²) < 4.78 is 27.5. The van der Waals surface area contributed by atoms with E-state index in [1.165, 1.54) is 0 Å². The molecular weight excluding hydrogens is 413 g/mol. The van der Waals surface area contributed by atoms with Crippen LogP contribution in [0, 0.1) is 12.7 Å². The smallest absolute Gasteiger partial charge is 0.128 e. The minimum absolute atomic E-state index is 0.167. The summed E-state index contributed by atoms with van der Waals surface area (Å²) in [6.45, 7) is 3.95. The molecule has 1 aliphatic heterocycles. The van der Waals surface area contributed by atoms with Gasteiger partial charge in [-0.2, -0.15) is 0 Å². The van der Waals surface area contributed by atoms with E-state index in [1.807, 2.05) is 67.6 Å². The Morgan fingerprint density at radius 3 is 2.55 bits per heavy atom. The van der Waals surface area contributed by atoms with Crippen molar-refractivity contribution in [1.29, 1.82) is 0 Å². The molecule has 162 valence electrons. The predicted octanol–water partition coefficient (Wildman–Crippen LogP) is 5.78. The minimum Gasteiger partial charge on any atom is -0.369 e. The van der Waals surface area contributed by atoms with Crippen molar-refractivity contribution in [2.75, 3.05) is 13.1 Å². The molecule has 1 fully saturated rings. The zero-order valence-electron chi connectivity index (χ0n) is 17.6. The number of hydrogen-bond donors (Lipinski definition) is 1. The average Bonchev–Trinajstić information content (AvgIpc) is 2.79. The van der Waals surface area contributed by atoms with Crippen LogP contribution in [-0.4, -0.2) is 19.2 Å². The molecule has 2 atom stereocenters. The van der Waals surface area contributed by atoms with E-state index in [0.29, 0.717) is 30.2 Å². The quantitative estimate of drug-likeness (QED) is 0.506. The molecule has 1 N–H and O–H groups in total. The highest BCUT2D eigenvalue weighted by molar-refractivity contribution is 6.30. The van der Waals surface area contributed by atoms with E-state index < -0.39 is 5.60 Å². The Morgan fingerprint density at radius 2 is 1.81 bits per heavy atom. The van der Waals surface area contributed by atoms with Gasteiger partial charge in [0.05, 0.1) is 13.2 Å². The summed E-state index contributed by atoms with van der Waals surface area (Å²) in [6.07, 6.45) is 0.470. The van der Waals surface area contributed by atoms with E-state index in [0.717, 1.165) is 23.2 Å². The standard InChI is InChI=1S/C26H27ClFNO2/c1-19-7-8-21(24(28)15-19)18-31-26(22-9-11-23(27)12-10-22)13-14-29-16-25(26)30-17-20-5-3-2-4-6-20/h2-12,15,25,29H,13-14,16-18H2,1H3. The van der Waals surface area contributed by atoms with Gasteiger partial charge >= 0.3 is 0 Å². The summed E-state index contributed by atoms with van der Waals surface area (Å²) in [5.41, 5.74) is 2.81. The van der Waals surface area contributed by atoms with Crippen LogP contribution < -0.4 is 5.32 Å². The van der Waals surface area contributed by atoms with Gasteiger partial charge in [-0.05, 0) is 54.8 Å². The fourth-order valence-corrected chi connectivity index (χ4v) is 4.21. The molecule has 31 heavy (non-hydrogen) atoms. The molecule has 0 spiro atoms. The van der Waals surface area contributed by atoms with Crippen molar-refractivity contribution in [2.45, 2.75) is 38.3 Å². The van der Waals surface area contributed by atoms with Crippen molar-refractivity contribution in [3.8, 4) is 0 Å². The molecule has 0 saturated carbocycles. The molecular formula is C26H27ClFNO2. The lowest BCUT2D eigenvalue weighted by molar-refractivity contribution is -0.176. The maximum absolute atomic E-state index is 14.5. The summed E-state index contributed by atoms with van der Waals surface area (Å²) in [4.78, 5) is 0. The lowest BCUT2D eigenvalue weighted by Crippen LogP contribution is -2.54. The molecule has 1 saturated heterocycles.